The third-order valence-corrected chi connectivity index (χ3v) is 18.6. The van der Waals surface area contributed by atoms with Gasteiger partial charge in [-0.3, -0.25) is 52.9 Å². The van der Waals surface area contributed by atoms with E-state index in [1.807, 2.05) is 6.92 Å². The summed E-state index contributed by atoms with van der Waals surface area (Å²) in [4.78, 5) is 147. The number of aromatic hydroxyl groups is 1. The number of primary amides is 2. The van der Waals surface area contributed by atoms with Crippen LogP contribution in [0.5, 0.6) is 11.5 Å². The summed E-state index contributed by atoms with van der Waals surface area (Å²) < 4.78 is 4.91. The van der Waals surface area contributed by atoms with Gasteiger partial charge in [0.1, 0.15) is 59.8 Å². The molecular weight excluding hydrogens is 1160 g/mol. The van der Waals surface area contributed by atoms with Crippen LogP contribution < -0.4 is 64.9 Å². The molecule has 1 spiro atoms. The number of carbonyl (C=O) groups is 10. The summed E-state index contributed by atoms with van der Waals surface area (Å²) in [6.45, 7) is 5.69. The largest absolute Gasteiger partial charge is 0.508 e. The first-order valence-electron chi connectivity index (χ1n) is 29.4. The van der Waals surface area contributed by atoms with E-state index in [1.54, 1.807) is 80.6 Å². The van der Waals surface area contributed by atoms with Gasteiger partial charge in [-0.2, -0.15) is 0 Å². The highest BCUT2D eigenvalue weighted by Gasteiger charge is 2.43. The van der Waals surface area contributed by atoms with Crippen LogP contribution in [-0.4, -0.2) is 154 Å². The smallest absolute Gasteiger partial charge is 0.246 e. The second kappa shape index (κ2) is 33.2. The van der Waals surface area contributed by atoms with Crippen molar-refractivity contribution in [3.05, 3.63) is 95.6 Å². The van der Waals surface area contributed by atoms with E-state index in [0.717, 1.165) is 19.3 Å². The summed E-state index contributed by atoms with van der Waals surface area (Å²) in [5, 5.41) is 29.1. The molecule has 1 saturated carbocycles. The average Bonchev–Trinajstić information content (AvgIpc) is 4.00. The molecular formula is C60H83N13O12S2. The van der Waals surface area contributed by atoms with Crippen LogP contribution >= 0.6 is 21.6 Å². The van der Waals surface area contributed by atoms with Gasteiger partial charge in [-0.15, -0.1) is 0 Å². The summed E-state index contributed by atoms with van der Waals surface area (Å²) in [6.07, 6.45) is 3.39. The van der Waals surface area contributed by atoms with E-state index in [2.05, 4.69) is 42.2 Å². The average molecular weight is 1240 g/mol. The van der Waals surface area contributed by atoms with Crippen molar-refractivity contribution in [3.63, 3.8) is 0 Å². The molecule has 10 amide bonds. The maximum Gasteiger partial charge on any atom is 0.246 e. The molecule has 87 heavy (non-hydrogen) atoms. The normalized spacial score (nSPS) is 22.2. The molecule has 27 heteroatoms. The SMILES string of the molecule is CCOc1ccc(C[C@H]2NC(=O)CC3(CCCCC3)SSC[C@@H](C(=O)N3CCC[C@H]3C(=O)N[C@@H](CCCN=C(N)N)C(=O)N[C@@H](Cc3ccc(O)cc3)C(N)=O)NC(=O)[C@H](CC(N)=O)NC(=O)[C@H](C(C)C)NC(=O)[C@H](Cc3ccccc3)NC2=O)cc1. The highest BCUT2D eigenvalue weighted by molar-refractivity contribution is 8.77. The lowest BCUT2D eigenvalue weighted by Crippen LogP contribution is -2.62. The predicted molar refractivity (Wildman–Crippen MR) is 330 cm³/mol. The van der Waals surface area contributed by atoms with Crippen LogP contribution in [0.15, 0.2) is 83.9 Å². The summed E-state index contributed by atoms with van der Waals surface area (Å²) in [5.41, 5.74) is 24.4. The van der Waals surface area contributed by atoms with Gasteiger partial charge in [-0.1, -0.05) is 109 Å². The number of hydrogen-bond donors (Lipinski definition) is 12. The van der Waals surface area contributed by atoms with Crippen molar-refractivity contribution < 1.29 is 57.8 Å². The number of nitrogens with one attached hydrogen (secondary N) is 7. The summed E-state index contributed by atoms with van der Waals surface area (Å²) in [6, 6.07) is 11.2. The Morgan fingerprint density at radius 1 is 0.736 bits per heavy atom. The van der Waals surface area contributed by atoms with E-state index in [4.69, 9.17) is 27.7 Å². The monoisotopic (exact) mass is 1240 g/mol. The van der Waals surface area contributed by atoms with Gasteiger partial charge in [0.15, 0.2) is 5.96 Å². The molecule has 472 valence electrons. The van der Waals surface area contributed by atoms with Gasteiger partial charge in [0, 0.05) is 49.3 Å². The van der Waals surface area contributed by atoms with Crippen molar-refractivity contribution in [1.82, 2.24) is 42.1 Å². The van der Waals surface area contributed by atoms with Gasteiger partial charge in [0.25, 0.3) is 0 Å². The highest BCUT2D eigenvalue weighted by Crippen LogP contribution is 2.48. The predicted octanol–water partition coefficient (Wildman–Crippen LogP) is 0.762. The summed E-state index contributed by atoms with van der Waals surface area (Å²) >= 11 is 0. The van der Waals surface area contributed by atoms with Crippen molar-refractivity contribution >= 4 is 86.6 Å². The second-order valence-corrected chi connectivity index (χ2v) is 25.3. The first-order valence-corrected chi connectivity index (χ1v) is 31.7. The van der Waals surface area contributed by atoms with Crippen LogP contribution in [0, 0.1) is 5.92 Å². The minimum atomic E-state index is -1.68. The number of benzene rings is 3. The number of carbonyl (C=O) groups excluding carboxylic acids is 10. The number of hydrogen-bond acceptors (Lipinski definition) is 15. The van der Waals surface area contributed by atoms with Crippen molar-refractivity contribution in [2.75, 3.05) is 25.4 Å². The molecule has 0 unspecified atom stereocenters. The fourth-order valence-electron chi connectivity index (χ4n) is 10.7. The molecule has 3 aliphatic rings. The van der Waals surface area contributed by atoms with Gasteiger partial charge in [-0.05, 0) is 92.3 Å². The van der Waals surface area contributed by atoms with Crippen LogP contribution in [0.2, 0.25) is 0 Å². The Morgan fingerprint density at radius 3 is 1.99 bits per heavy atom. The Balaban J connectivity index is 1.33. The topological polar surface area (TPSA) is 404 Å². The molecule has 3 aromatic carbocycles. The fraction of sp³-hybridized carbons (Fsp3) is 0.517. The number of phenols is 1. The zero-order valence-corrected chi connectivity index (χ0v) is 51.0. The highest BCUT2D eigenvalue weighted by atomic mass is 33.1. The Bertz CT molecular complexity index is 2910. The molecule has 8 atom stereocenters. The summed E-state index contributed by atoms with van der Waals surface area (Å²) in [5.74, 6) is -8.21. The lowest BCUT2D eigenvalue weighted by Gasteiger charge is -2.37. The molecule has 25 nitrogen and oxygen atoms in total. The Kier molecular flexibility index (Phi) is 25.9. The van der Waals surface area contributed by atoms with E-state index in [0.29, 0.717) is 48.3 Å². The number of likely N-dealkylation sites (tertiary alicyclic amines) is 1. The van der Waals surface area contributed by atoms with Crippen LogP contribution in [0.25, 0.3) is 0 Å². The standard InChI is InChI=1S/C60H83N13O12S2/c1-4-85-40-23-19-38(20-24-40)31-43-53(79)69-44(30-36-13-7-5-8-14-36)55(81)72-50(35(2)3)57(83)70-45(32-48(61)75)54(80)71-46(34-86-87-60(33-49(76)66-43)25-9-6-10-26-60)58(84)73-28-12-16-47(73)56(82)67-41(15-11-27-65-59(63)64)52(78)68-42(51(62)77)29-37-17-21-39(74)22-18-37/h5,7-8,13-14,17-24,35,41-47,50,74H,4,6,9-12,15-16,25-34H2,1-3H3,(H2,61,75)(H2,62,77)(H,66,76)(H,67,82)(H,68,78)(H,69,79)(H,70,83)(H,71,80)(H,72,81)(H4,63,64,65)/t41-,42-,43+,44-,45-,46-,47-,50-/m0/s1. The molecule has 6 rings (SSSR count). The third kappa shape index (κ3) is 21.1. The first-order chi connectivity index (χ1) is 41.5. The lowest BCUT2D eigenvalue weighted by atomic mass is 9.85. The number of aliphatic imine (C=N–C) groups is 1. The van der Waals surface area contributed by atoms with Gasteiger partial charge >= 0.3 is 0 Å². The van der Waals surface area contributed by atoms with Gasteiger partial charge < -0.3 is 74.9 Å². The van der Waals surface area contributed by atoms with Gasteiger partial charge in [0.05, 0.1) is 13.0 Å². The second-order valence-electron chi connectivity index (χ2n) is 22.5. The fourth-order valence-corrected chi connectivity index (χ4v) is 14.1. The Labute approximate surface area is 514 Å². The number of nitrogens with zero attached hydrogens (tertiary/aromatic N) is 2. The number of phenolic OH excluding ortho intramolecular Hbond substituents is 1. The van der Waals surface area contributed by atoms with Crippen LogP contribution in [0.4, 0.5) is 0 Å². The molecule has 2 aliphatic heterocycles. The van der Waals surface area contributed by atoms with Crippen LogP contribution in [-0.2, 0) is 67.2 Å². The van der Waals surface area contributed by atoms with Crippen LogP contribution in [0.1, 0.15) is 108 Å². The quantitative estimate of drug-likeness (QED) is 0.0303. The van der Waals surface area contributed by atoms with E-state index in [-0.39, 0.29) is 75.5 Å². The summed E-state index contributed by atoms with van der Waals surface area (Å²) in [7, 11) is 2.57. The molecule has 0 radical (unpaired) electrons. The molecule has 0 bridgehead atoms. The van der Waals surface area contributed by atoms with Gasteiger partial charge in [0.2, 0.25) is 59.1 Å². The van der Waals surface area contributed by atoms with Crippen molar-refractivity contribution in [1.29, 1.82) is 0 Å². The van der Waals surface area contributed by atoms with Crippen molar-refractivity contribution in [2.24, 2.45) is 33.8 Å². The number of rotatable bonds is 21. The molecule has 3 aromatic rings. The van der Waals surface area contributed by atoms with Gasteiger partial charge in [-0.25, -0.2) is 0 Å². The molecule has 16 N–H and O–H groups in total. The maximum atomic E-state index is 15.2. The Morgan fingerprint density at radius 2 is 1.36 bits per heavy atom. The van der Waals surface area contributed by atoms with E-state index >= 15 is 4.79 Å². The molecule has 0 aromatic heterocycles. The number of ether oxygens (including phenoxy) is 1. The molecule has 3 fully saturated rings. The third-order valence-electron chi connectivity index (χ3n) is 15.3. The molecule has 2 saturated heterocycles. The number of nitrogens with two attached hydrogens (primary N) is 4. The number of amides is 10. The van der Waals surface area contributed by atoms with E-state index in [9.17, 15) is 48.3 Å². The van der Waals surface area contributed by atoms with E-state index < -0.39 is 124 Å². The maximum absolute atomic E-state index is 15.2. The zero-order chi connectivity index (χ0) is 63.2. The molecule has 1 aliphatic carbocycles. The van der Waals surface area contributed by atoms with Crippen molar-refractivity contribution in [2.45, 2.75) is 164 Å². The first kappa shape index (κ1) is 68.0. The van der Waals surface area contributed by atoms with Crippen LogP contribution in [0.3, 0.4) is 0 Å². The van der Waals surface area contributed by atoms with E-state index in [1.165, 1.54) is 38.6 Å². The minimum Gasteiger partial charge on any atom is -0.508 e. The molecule has 2 heterocycles. The Hall–Kier alpha value is -8.07. The number of guanidine groups is 1. The lowest BCUT2D eigenvalue weighted by molar-refractivity contribution is -0.142. The minimum absolute atomic E-state index is 0.0140. The van der Waals surface area contributed by atoms with Crippen molar-refractivity contribution in [3.8, 4) is 11.5 Å². The zero-order valence-electron chi connectivity index (χ0n) is 49.4.